The van der Waals surface area contributed by atoms with E-state index in [1.165, 1.54) is 19.2 Å². The van der Waals surface area contributed by atoms with Crippen molar-refractivity contribution in [3.63, 3.8) is 0 Å². The van der Waals surface area contributed by atoms with Crippen LogP contribution in [0.3, 0.4) is 0 Å². The molecule has 2 heterocycles. The van der Waals surface area contributed by atoms with Gasteiger partial charge in [0.2, 0.25) is 5.88 Å². The third-order valence-corrected chi connectivity index (χ3v) is 9.73. The normalized spacial score (nSPS) is 19.5. The second-order valence-electron chi connectivity index (χ2n) is 14.9. The van der Waals surface area contributed by atoms with Crippen molar-refractivity contribution >= 4 is 31.6 Å². The highest BCUT2D eigenvalue weighted by molar-refractivity contribution is 7.46. The zero-order chi connectivity index (χ0) is 40.7. The number of esters is 1. The van der Waals surface area contributed by atoms with Gasteiger partial charge in [-0.15, -0.1) is 5.10 Å². The van der Waals surface area contributed by atoms with Crippen molar-refractivity contribution in [2.24, 2.45) is 7.05 Å². The maximum Gasteiger partial charge on any atom is 0.524 e. The number of hydrogen-bond acceptors (Lipinski definition) is 10. The average molecular weight is 803 g/mol. The molecule has 2 aliphatic rings. The number of hydrogen-bond donors (Lipinski definition) is 4. The predicted molar refractivity (Wildman–Crippen MR) is 185 cm³/mol. The first kappa shape index (κ1) is 41.5. The second-order valence-corrected chi connectivity index (χ2v) is 16.0. The number of nitrogens with zero attached hydrogens (tertiary/aromatic N) is 4. The lowest BCUT2D eigenvalue weighted by atomic mass is 9.78. The molecule has 2 aromatic heterocycles. The van der Waals surface area contributed by atoms with Crippen LogP contribution >= 0.6 is 7.82 Å². The molecule has 0 bridgehead atoms. The van der Waals surface area contributed by atoms with E-state index in [9.17, 15) is 41.9 Å². The molecule has 2 fully saturated rings. The quantitative estimate of drug-likeness (QED) is 0.0890. The van der Waals surface area contributed by atoms with E-state index in [4.69, 9.17) is 14.0 Å². The zero-order valence-electron chi connectivity index (χ0n) is 30.9. The summed E-state index contributed by atoms with van der Waals surface area (Å²) in [6, 6.07) is 5.63. The van der Waals surface area contributed by atoms with Crippen LogP contribution in [0.5, 0.6) is 11.6 Å². The van der Waals surface area contributed by atoms with Gasteiger partial charge in [-0.25, -0.2) is 18.4 Å². The Hall–Kier alpha value is -4.68. The lowest BCUT2D eigenvalue weighted by Crippen LogP contribution is -2.38. The Morgan fingerprint density at radius 3 is 2.40 bits per heavy atom. The molecule has 2 saturated carbocycles. The Morgan fingerprint density at radius 1 is 1.07 bits per heavy atom. The monoisotopic (exact) mass is 802 g/mol. The number of alkyl carbamates (subject to hydrolysis) is 1. The summed E-state index contributed by atoms with van der Waals surface area (Å²) in [5.41, 5.74) is 0.254. The summed E-state index contributed by atoms with van der Waals surface area (Å²) in [5.74, 6) is -2.79. The number of rotatable bonds is 14. The summed E-state index contributed by atoms with van der Waals surface area (Å²) < 4.78 is 87.7. The summed E-state index contributed by atoms with van der Waals surface area (Å²) >= 11 is 0. The van der Waals surface area contributed by atoms with E-state index in [1.54, 1.807) is 33.8 Å². The number of anilines is 1. The number of alkyl halides is 4. The van der Waals surface area contributed by atoms with E-state index < -0.39 is 74.8 Å². The Labute approximate surface area is 313 Å². The largest absolute Gasteiger partial charge is 0.524 e. The number of phosphoric acid groups is 1. The van der Waals surface area contributed by atoms with Gasteiger partial charge in [0.25, 0.3) is 5.91 Å². The van der Waals surface area contributed by atoms with Gasteiger partial charge < -0.3 is 29.4 Å². The SMILES string of the molecule is Cc1cc(C)c(C(C)(C)CC(=O)OCn2nc([C@@H]3C[C@H](F)[C@H](OC(=O)NC4(C)CC4)C3)cc2NC(=O)c2cc(OCC(F)(F)F)nn2C)c(OP(=O)(O)O)c1. The first-order chi connectivity index (χ1) is 25.4. The Kier molecular flexibility index (Phi) is 11.7. The van der Waals surface area contributed by atoms with Gasteiger partial charge in [-0.1, -0.05) is 19.9 Å². The van der Waals surface area contributed by atoms with Gasteiger partial charge in [0, 0.05) is 41.6 Å². The predicted octanol–water partition coefficient (Wildman–Crippen LogP) is 5.63. The number of carbonyl (C=O) groups excluding carboxylic acids is 3. The molecule has 0 spiro atoms. The second kappa shape index (κ2) is 15.5. The lowest BCUT2D eigenvalue weighted by molar-refractivity contribution is -0.154. The van der Waals surface area contributed by atoms with E-state index in [1.807, 2.05) is 6.92 Å². The van der Waals surface area contributed by atoms with E-state index in [-0.39, 0.29) is 47.8 Å². The molecule has 1 aromatic carbocycles. The van der Waals surface area contributed by atoms with E-state index in [0.29, 0.717) is 16.7 Å². The fourth-order valence-electron chi connectivity index (χ4n) is 6.56. The highest BCUT2D eigenvalue weighted by Gasteiger charge is 2.43. The van der Waals surface area contributed by atoms with Crippen molar-refractivity contribution in [3.8, 4) is 11.6 Å². The number of carbonyl (C=O) groups is 3. The number of halogens is 4. The van der Waals surface area contributed by atoms with Crippen LogP contribution in [0.25, 0.3) is 0 Å². The highest BCUT2D eigenvalue weighted by atomic mass is 31.2. The first-order valence-electron chi connectivity index (χ1n) is 17.2. The van der Waals surface area contributed by atoms with Gasteiger partial charge in [-0.2, -0.15) is 18.3 Å². The molecule has 302 valence electrons. The van der Waals surface area contributed by atoms with Crippen LogP contribution in [-0.2, 0) is 38.0 Å². The van der Waals surface area contributed by atoms with E-state index >= 15 is 4.39 Å². The molecule has 2 aliphatic carbocycles. The fraction of sp³-hybridized carbons (Fsp3) is 0.559. The molecule has 16 nitrogen and oxygen atoms in total. The molecule has 0 radical (unpaired) electrons. The zero-order valence-corrected chi connectivity index (χ0v) is 31.8. The molecule has 0 unspecified atom stereocenters. The van der Waals surface area contributed by atoms with Crippen LogP contribution in [-0.4, -0.2) is 77.9 Å². The smallest absolute Gasteiger partial charge is 0.467 e. The summed E-state index contributed by atoms with van der Waals surface area (Å²) in [6.45, 7) is 6.39. The van der Waals surface area contributed by atoms with Crippen molar-refractivity contribution in [1.29, 1.82) is 0 Å². The summed E-state index contributed by atoms with van der Waals surface area (Å²) in [5, 5.41) is 13.6. The van der Waals surface area contributed by atoms with E-state index in [0.717, 1.165) is 28.3 Å². The number of benzene rings is 1. The van der Waals surface area contributed by atoms with Crippen LogP contribution in [0.4, 0.5) is 28.2 Å². The maximum absolute atomic E-state index is 15.2. The van der Waals surface area contributed by atoms with Gasteiger partial charge >= 0.3 is 26.1 Å². The van der Waals surface area contributed by atoms with Crippen molar-refractivity contribution in [2.45, 2.75) is 109 Å². The van der Waals surface area contributed by atoms with Gasteiger partial charge in [-0.3, -0.25) is 24.1 Å². The third kappa shape index (κ3) is 11.0. The Balaban J connectivity index is 1.35. The number of nitrogens with one attached hydrogen (secondary N) is 2. The Bertz CT molecular complexity index is 1990. The number of amides is 2. The standard InChI is InChI=1S/C34H43F4N6O10P/c1-18-9-19(2)29(25(10-18)54-55(48,49)50)32(3,4)15-28(45)52-17-44-26(39-30(46)23-14-27(42-43(23)6)51-16-34(36,37)38)13-22(41-44)20-11-21(35)24(12-20)53-31(47)40-33(5)7-8-33/h9-10,13-14,20-21,24H,7-8,11-12,15-17H2,1-6H3,(H,39,46)(H,40,47)(H2,48,49,50)/t20-,21+,24-/m1/s1. The third-order valence-electron chi connectivity index (χ3n) is 9.30. The molecule has 2 amide bonds. The number of aryl methyl sites for hydroxylation is 3. The molecule has 0 saturated heterocycles. The lowest BCUT2D eigenvalue weighted by Gasteiger charge is -2.29. The minimum atomic E-state index is -4.96. The number of ether oxygens (including phenoxy) is 3. The molecule has 55 heavy (non-hydrogen) atoms. The molecular formula is C34H43F4N6O10P. The van der Waals surface area contributed by atoms with E-state index in [2.05, 4.69) is 25.6 Å². The van der Waals surface area contributed by atoms with Crippen molar-refractivity contribution in [1.82, 2.24) is 24.9 Å². The summed E-state index contributed by atoms with van der Waals surface area (Å²) in [7, 11) is -3.65. The molecular weight excluding hydrogens is 759 g/mol. The number of phosphoric ester groups is 1. The summed E-state index contributed by atoms with van der Waals surface area (Å²) in [4.78, 5) is 58.1. The van der Waals surface area contributed by atoms with Gasteiger partial charge in [0.1, 0.15) is 29.5 Å². The van der Waals surface area contributed by atoms with Gasteiger partial charge in [-0.05, 0) is 63.6 Å². The topological polar surface area (TPSA) is 205 Å². The molecule has 5 rings (SSSR count). The van der Waals surface area contributed by atoms with Crippen LogP contribution in [0.2, 0.25) is 0 Å². The minimum Gasteiger partial charge on any atom is -0.467 e. The van der Waals surface area contributed by atoms with Crippen molar-refractivity contribution in [3.05, 3.63) is 52.3 Å². The first-order valence-corrected chi connectivity index (χ1v) is 18.7. The van der Waals surface area contributed by atoms with Crippen LogP contribution in [0, 0.1) is 13.8 Å². The maximum atomic E-state index is 15.2. The van der Waals surface area contributed by atoms with Crippen LogP contribution < -0.4 is 19.9 Å². The minimum absolute atomic E-state index is 0.0306. The average Bonchev–Trinajstić information content (AvgIpc) is 3.30. The summed E-state index contributed by atoms with van der Waals surface area (Å²) in [6.07, 6.45) is -6.75. The number of aromatic nitrogens is 4. The molecule has 0 aliphatic heterocycles. The Morgan fingerprint density at radius 2 is 1.76 bits per heavy atom. The molecule has 3 aromatic rings. The van der Waals surface area contributed by atoms with Crippen LogP contribution in [0.15, 0.2) is 24.3 Å². The molecule has 3 atom stereocenters. The van der Waals surface area contributed by atoms with Crippen molar-refractivity contribution < 1.29 is 65.0 Å². The van der Waals surface area contributed by atoms with Crippen molar-refractivity contribution in [2.75, 3.05) is 11.9 Å². The van der Waals surface area contributed by atoms with Crippen LogP contribution in [0.1, 0.15) is 91.7 Å². The molecule has 21 heteroatoms. The molecule has 4 N–H and O–H groups in total. The van der Waals surface area contributed by atoms with Gasteiger partial charge in [0.05, 0.1) is 12.1 Å². The fourth-order valence-corrected chi connectivity index (χ4v) is 6.96. The van der Waals surface area contributed by atoms with Gasteiger partial charge in [0.15, 0.2) is 13.3 Å². The highest BCUT2D eigenvalue weighted by Crippen LogP contribution is 2.45.